The van der Waals surface area contributed by atoms with E-state index in [0.717, 1.165) is 28.8 Å². The number of hydrogen-bond acceptors (Lipinski definition) is 5. The highest BCUT2D eigenvalue weighted by atomic mass is 32.2. The minimum Gasteiger partial charge on any atom is -0.338 e. The van der Waals surface area contributed by atoms with Gasteiger partial charge in [0, 0.05) is 18.0 Å². The summed E-state index contributed by atoms with van der Waals surface area (Å²) in [5, 5.41) is 5.07. The lowest BCUT2D eigenvalue weighted by molar-refractivity contribution is 0.375. The van der Waals surface area contributed by atoms with E-state index < -0.39 is 0 Å². The number of nitrogens with zero attached hydrogens (tertiary/aromatic N) is 3. The minimum absolute atomic E-state index is 0.0834. The van der Waals surface area contributed by atoms with Gasteiger partial charge < -0.3 is 9.51 Å². The number of nitrogens with one attached hydrogen (secondary N) is 1. The summed E-state index contributed by atoms with van der Waals surface area (Å²) >= 11 is 1.62. The van der Waals surface area contributed by atoms with Gasteiger partial charge in [-0.3, -0.25) is 0 Å². The van der Waals surface area contributed by atoms with Gasteiger partial charge in [-0.15, -0.1) is 0 Å². The van der Waals surface area contributed by atoms with Crippen molar-refractivity contribution in [2.24, 2.45) is 0 Å². The molecule has 2 aromatic heterocycles. The van der Waals surface area contributed by atoms with Gasteiger partial charge in [0.15, 0.2) is 11.0 Å². The van der Waals surface area contributed by atoms with E-state index >= 15 is 0 Å². The van der Waals surface area contributed by atoms with Gasteiger partial charge in [-0.25, -0.2) is 4.98 Å². The van der Waals surface area contributed by atoms with Crippen LogP contribution in [0.3, 0.4) is 0 Å². The molecule has 24 heavy (non-hydrogen) atoms. The molecule has 1 N–H and O–H groups in total. The second-order valence-corrected chi connectivity index (χ2v) is 7.63. The van der Waals surface area contributed by atoms with Gasteiger partial charge in [0.05, 0.1) is 10.9 Å². The topological polar surface area (TPSA) is 67.6 Å². The summed E-state index contributed by atoms with van der Waals surface area (Å²) in [6, 6.07) is 10.4. The molecule has 1 atom stereocenters. The number of hydrogen-bond donors (Lipinski definition) is 1. The van der Waals surface area contributed by atoms with Crippen LogP contribution in [0.4, 0.5) is 0 Å². The van der Waals surface area contributed by atoms with E-state index in [9.17, 15) is 0 Å². The molecule has 4 rings (SSSR count). The number of aromatic nitrogens is 4. The standard InChI is InChI=1S/C18H20N4OS/c1-11-15(10-13-6-4-3-5-7-13)20-18(19-11)24-12(2)17-21-16(22-23-17)14-8-9-14/h3-7,12,14H,8-10H2,1-2H3,(H,19,20). The van der Waals surface area contributed by atoms with Crippen molar-refractivity contribution in [2.75, 3.05) is 0 Å². The Morgan fingerprint density at radius 2 is 2.04 bits per heavy atom. The summed E-state index contributed by atoms with van der Waals surface area (Å²) < 4.78 is 5.41. The summed E-state index contributed by atoms with van der Waals surface area (Å²) in [6.45, 7) is 4.14. The highest BCUT2D eigenvalue weighted by molar-refractivity contribution is 7.99. The van der Waals surface area contributed by atoms with Crippen molar-refractivity contribution in [2.45, 2.75) is 49.4 Å². The number of thioether (sulfide) groups is 1. The number of imidazole rings is 1. The molecule has 0 aliphatic heterocycles. The molecule has 1 aliphatic carbocycles. The molecule has 3 aromatic rings. The van der Waals surface area contributed by atoms with Gasteiger partial charge >= 0.3 is 0 Å². The first kappa shape index (κ1) is 15.4. The first-order valence-electron chi connectivity index (χ1n) is 8.28. The lowest BCUT2D eigenvalue weighted by atomic mass is 10.1. The lowest BCUT2D eigenvalue weighted by Gasteiger charge is -2.02. The van der Waals surface area contributed by atoms with Crippen molar-refractivity contribution in [3.8, 4) is 0 Å². The zero-order chi connectivity index (χ0) is 16.5. The summed E-state index contributed by atoms with van der Waals surface area (Å²) in [4.78, 5) is 12.6. The van der Waals surface area contributed by atoms with Gasteiger partial charge in [-0.2, -0.15) is 4.98 Å². The predicted octanol–water partition coefficient (Wildman–Crippen LogP) is 4.42. The molecule has 1 saturated carbocycles. The zero-order valence-corrected chi connectivity index (χ0v) is 14.6. The Kier molecular flexibility index (Phi) is 4.14. The Labute approximate surface area is 145 Å². The molecule has 6 heteroatoms. The van der Waals surface area contributed by atoms with E-state index in [-0.39, 0.29) is 5.25 Å². The maximum Gasteiger partial charge on any atom is 0.239 e. The van der Waals surface area contributed by atoms with E-state index in [1.54, 1.807) is 11.8 Å². The molecule has 124 valence electrons. The summed E-state index contributed by atoms with van der Waals surface area (Å²) in [5.41, 5.74) is 3.46. The van der Waals surface area contributed by atoms with E-state index in [1.165, 1.54) is 18.4 Å². The third kappa shape index (κ3) is 3.38. The smallest absolute Gasteiger partial charge is 0.239 e. The van der Waals surface area contributed by atoms with Crippen LogP contribution in [-0.2, 0) is 6.42 Å². The van der Waals surface area contributed by atoms with Crippen LogP contribution in [0.15, 0.2) is 40.0 Å². The van der Waals surface area contributed by atoms with Crippen molar-refractivity contribution in [3.05, 3.63) is 59.0 Å². The summed E-state index contributed by atoms with van der Waals surface area (Å²) in [7, 11) is 0. The van der Waals surface area contributed by atoms with Crippen molar-refractivity contribution in [3.63, 3.8) is 0 Å². The molecule has 1 unspecified atom stereocenters. The molecule has 0 saturated heterocycles. The monoisotopic (exact) mass is 340 g/mol. The molecule has 0 radical (unpaired) electrons. The van der Waals surface area contributed by atoms with Crippen LogP contribution in [-0.4, -0.2) is 20.1 Å². The lowest BCUT2D eigenvalue weighted by Crippen LogP contribution is -1.92. The Morgan fingerprint density at radius 1 is 1.25 bits per heavy atom. The second kappa shape index (κ2) is 6.43. The summed E-state index contributed by atoms with van der Waals surface area (Å²) in [6.07, 6.45) is 3.20. The highest BCUT2D eigenvalue weighted by Gasteiger charge is 2.30. The van der Waals surface area contributed by atoms with E-state index in [4.69, 9.17) is 9.51 Å². The molecule has 0 bridgehead atoms. The van der Waals surface area contributed by atoms with Gasteiger partial charge in [-0.05, 0) is 32.3 Å². The van der Waals surface area contributed by atoms with Crippen LogP contribution >= 0.6 is 11.8 Å². The van der Waals surface area contributed by atoms with Gasteiger partial charge in [0.2, 0.25) is 5.89 Å². The highest BCUT2D eigenvalue weighted by Crippen LogP contribution is 2.40. The predicted molar refractivity (Wildman–Crippen MR) is 93.1 cm³/mol. The molecular weight excluding hydrogens is 320 g/mol. The first-order valence-corrected chi connectivity index (χ1v) is 9.16. The molecule has 2 heterocycles. The van der Waals surface area contributed by atoms with E-state index in [2.05, 4.69) is 53.2 Å². The molecule has 1 aliphatic rings. The fraction of sp³-hybridized carbons (Fsp3) is 0.389. The average molecular weight is 340 g/mol. The Morgan fingerprint density at radius 3 is 2.79 bits per heavy atom. The third-order valence-corrected chi connectivity index (χ3v) is 5.19. The average Bonchev–Trinajstić information content (AvgIpc) is 3.21. The fourth-order valence-corrected chi connectivity index (χ4v) is 3.53. The SMILES string of the molecule is Cc1[nH]c(SC(C)c2nc(C3CC3)no2)nc1Cc1ccccc1. The molecule has 1 aromatic carbocycles. The minimum atomic E-state index is 0.0834. The number of H-pyrrole nitrogens is 1. The van der Waals surface area contributed by atoms with Crippen LogP contribution in [0, 0.1) is 6.92 Å². The van der Waals surface area contributed by atoms with Crippen molar-refractivity contribution in [1.29, 1.82) is 0 Å². The van der Waals surface area contributed by atoms with Crippen LogP contribution in [0.2, 0.25) is 0 Å². The van der Waals surface area contributed by atoms with Crippen molar-refractivity contribution >= 4 is 11.8 Å². The van der Waals surface area contributed by atoms with E-state index in [0.29, 0.717) is 11.8 Å². The second-order valence-electron chi connectivity index (χ2n) is 6.30. The maximum atomic E-state index is 5.41. The van der Waals surface area contributed by atoms with Gasteiger partial charge in [0.1, 0.15) is 0 Å². The normalized spacial score (nSPS) is 15.6. The van der Waals surface area contributed by atoms with Crippen LogP contribution in [0.1, 0.15) is 59.6 Å². The largest absolute Gasteiger partial charge is 0.338 e. The van der Waals surface area contributed by atoms with Crippen molar-refractivity contribution in [1.82, 2.24) is 20.1 Å². The Balaban J connectivity index is 1.45. The Hall–Kier alpha value is -2.08. The number of aromatic amines is 1. The van der Waals surface area contributed by atoms with Crippen LogP contribution < -0.4 is 0 Å². The first-order chi connectivity index (χ1) is 11.7. The van der Waals surface area contributed by atoms with Crippen LogP contribution in [0.25, 0.3) is 0 Å². The number of rotatable bonds is 6. The van der Waals surface area contributed by atoms with Gasteiger partial charge in [0.25, 0.3) is 0 Å². The van der Waals surface area contributed by atoms with E-state index in [1.807, 2.05) is 6.07 Å². The third-order valence-electron chi connectivity index (χ3n) is 4.21. The molecule has 5 nitrogen and oxygen atoms in total. The number of benzene rings is 1. The molecule has 0 spiro atoms. The Bertz CT molecular complexity index is 823. The maximum absolute atomic E-state index is 5.41. The summed E-state index contributed by atoms with van der Waals surface area (Å²) in [5.74, 6) is 2.06. The molecule has 1 fully saturated rings. The zero-order valence-electron chi connectivity index (χ0n) is 13.8. The number of aryl methyl sites for hydroxylation is 1. The van der Waals surface area contributed by atoms with Crippen LogP contribution in [0.5, 0.6) is 0 Å². The molecular formula is C18H20N4OS. The quantitative estimate of drug-likeness (QED) is 0.673. The molecule has 0 amide bonds. The van der Waals surface area contributed by atoms with Gasteiger partial charge in [-0.1, -0.05) is 47.3 Å². The van der Waals surface area contributed by atoms with Crippen molar-refractivity contribution < 1.29 is 4.52 Å². The fourth-order valence-electron chi connectivity index (χ4n) is 2.62.